The van der Waals surface area contributed by atoms with Crippen LogP contribution in [0.1, 0.15) is 22.3 Å². The van der Waals surface area contributed by atoms with E-state index in [1.807, 2.05) is 12.1 Å². The summed E-state index contributed by atoms with van der Waals surface area (Å²) in [6.45, 7) is 0.311. The molecule has 0 spiro atoms. The maximum atomic E-state index is 13.1. The molecule has 33 heavy (non-hydrogen) atoms. The monoisotopic (exact) mass is 480 g/mol. The number of benzene rings is 3. The van der Waals surface area contributed by atoms with Gasteiger partial charge < -0.3 is 4.74 Å². The molecule has 0 bridgehead atoms. The second-order valence-corrected chi connectivity index (χ2v) is 9.01. The van der Waals surface area contributed by atoms with Crippen LogP contribution in [-0.2, 0) is 24.4 Å². The number of rotatable bonds is 7. The molecule has 5 nitrogen and oxygen atoms in total. The van der Waals surface area contributed by atoms with Crippen molar-refractivity contribution < 1.29 is 18.7 Å². The third-order valence-corrected chi connectivity index (χ3v) is 6.57. The molecule has 1 aliphatic heterocycles. The van der Waals surface area contributed by atoms with E-state index in [4.69, 9.17) is 16.3 Å². The summed E-state index contributed by atoms with van der Waals surface area (Å²) in [4.78, 5) is 26.4. The molecular formula is C25H18ClFN2O3S. The normalized spacial score (nSPS) is 15.5. The van der Waals surface area contributed by atoms with Gasteiger partial charge in [-0.05, 0) is 47.9 Å². The van der Waals surface area contributed by atoms with E-state index in [2.05, 4.69) is 6.07 Å². The van der Waals surface area contributed by atoms with Crippen molar-refractivity contribution in [2.45, 2.75) is 24.8 Å². The fourth-order valence-electron chi connectivity index (χ4n) is 3.46. The first-order chi connectivity index (χ1) is 15.9. The van der Waals surface area contributed by atoms with Gasteiger partial charge in [-0.15, -0.1) is 0 Å². The average molecular weight is 481 g/mol. The van der Waals surface area contributed by atoms with Gasteiger partial charge in [0.05, 0.1) is 28.5 Å². The van der Waals surface area contributed by atoms with Gasteiger partial charge in [0.25, 0.3) is 5.24 Å². The zero-order valence-electron chi connectivity index (χ0n) is 17.3. The molecule has 0 aliphatic carbocycles. The minimum absolute atomic E-state index is 0.110. The van der Waals surface area contributed by atoms with Crippen LogP contribution >= 0.6 is 23.4 Å². The molecule has 0 saturated carbocycles. The first-order valence-corrected chi connectivity index (χ1v) is 11.4. The number of halogens is 2. The molecule has 2 amide bonds. The molecule has 3 aromatic rings. The number of hydrogen-bond acceptors (Lipinski definition) is 5. The molecule has 166 valence electrons. The van der Waals surface area contributed by atoms with E-state index in [1.165, 1.54) is 17.0 Å². The van der Waals surface area contributed by atoms with Crippen LogP contribution in [0.15, 0.2) is 66.7 Å². The van der Waals surface area contributed by atoms with Gasteiger partial charge in [-0.3, -0.25) is 14.5 Å². The predicted octanol–water partition coefficient (Wildman–Crippen LogP) is 5.74. The fraction of sp³-hybridized carbons (Fsp3) is 0.160. The van der Waals surface area contributed by atoms with E-state index >= 15 is 0 Å². The van der Waals surface area contributed by atoms with Crippen molar-refractivity contribution >= 4 is 34.5 Å². The minimum Gasteiger partial charge on any atom is -0.487 e. The number of ether oxygens (including phenoxy) is 1. The summed E-state index contributed by atoms with van der Waals surface area (Å²) in [5, 5.41) is 8.70. The van der Waals surface area contributed by atoms with Crippen molar-refractivity contribution in [1.29, 1.82) is 5.26 Å². The zero-order chi connectivity index (χ0) is 23.4. The molecule has 1 heterocycles. The third-order valence-electron chi connectivity index (χ3n) is 5.20. The van der Waals surface area contributed by atoms with Crippen LogP contribution in [0.5, 0.6) is 5.75 Å². The van der Waals surface area contributed by atoms with Gasteiger partial charge in [0.15, 0.2) is 0 Å². The number of thioether (sulfide) groups is 1. The minimum atomic E-state index is -0.553. The summed E-state index contributed by atoms with van der Waals surface area (Å²) in [5.41, 5.74) is 2.78. The van der Waals surface area contributed by atoms with Gasteiger partial charge in [-0.1, -0.05) is 59.8 Å². The number of carbonyl (C=O) groups is 2. The number of amides is 2. The van der Waals surface area contributed by atoms with Crippen LogP contribution in [0, 0.1) is 17.1 Å². The Morgan fingerprint density at radius 2 is 1.79 bits per heavy atom. The summed E-state index contributed by atoms with van der Waals surface area (Å²) < 4.78 is 18.9. The van der Waals surface area contributed by atoms with Gasteiger partial charge in [0.2, 0.25) is 5.91 Å². The third kappa shape index (κ3) is 5.36. The summed E-state index contributed by atoms with van der Waals surface area (Å²) in [5.74, 6) is -0.185. The molecule has 1 aliphatic rings. The van der Waals surface area contributed by atoms with Gasteiger partial charge in [-0.2, -0.15) is 5.26 Å². The molecule has 0 N–H and O–H groups in total. The fourth-order valence-corrected chi connectivity index (χ4v) is 4.74. The molecule has 1 fully saturated rings. The standard InChI is InChI=1S/C25H18ClFN2O3S/c26-21-11-17(7-10-22(21)32-15-19-4-2-1-3-18(19)13-28)12-23-24(30)29(25(31)33-23)14-16-5-8-20(27)9-6-16/h1-11,23H,12,14-15H2/t23-/m0/s1. The Labute approximate surface area is 199 Å². The number of nitriles is 1. The summed E-state index contributed by atoms with van der Waals surface area (Å²) in [6, 6.07) is 20.2. The largest absolute Gasteiger partial charge is 0.487 e. The Kier molecular flexibility index (Phi) is 6.97. The second kappa shape index (κ2) is 10.1. The summed E-state index contributed by atoms with van der Waals surface area (Å²) >= 11 is 7.36. The van der Waals surface area contributed by atoms with Gasteiger partial charge in [0.1, 0.15) is 18.2 Å². The van der Waals surface area contributed by atoms with Crippen LogP contribution in [0.2, 0.25) is 5.02 Å². The van der Waals surface area contributed by atoms with E-state index in [1.54, 1.807) is 42.5 Å². The number of nitrogens with zero attached hydrogens (tertiary/aromatic N) is 2. The van der Waals surface area contributed by atoms with E-state index in [0.717, 1.165) is 22.9 Å². The van der Waals surface area contributed by atoms with Crippen molar-refractivity contribution in [2.75, 3.05) is 0 Å². The molecule has 0 aromatic heterocycles. The van der Waals surface area contributed by atoms with E-state index in [9.17, 15) is 19.2 Å². The molecule has 0 radical (unpaired) electrons. The van der Waals surface area contributed by atoms with Crippen molar-refractivity contribution in [3.8, 4) is 11.8 Å². The Morgan fingerprint density at radius 1 is 1.06 bits per heavy atom. The Bertz CT molecular complexity index is 1240. The van der Waals surface area contributed by atoms with Crippen LogP contribution in [0.25, 0.3) is 0 Å². The lowest BCUT2D eigenvalue weighted by molar-refractivity contribution is -0.127. The highest BCUT2D eigenvalue weighted by molar-refractivity contribution is 8.15. The molecule has 8 heteroatoms. The molecule has 4 rings (SSSR count). The zero-order valence-corrected chi connectivity index (χ0v) is 18.9. The number of imide groups is 1. The topological polar surface area (TPSA) is 70.4 Å². The lowest BCUT2D eigenvalue weighted by Gasteiger charge is -2.14. The van der Waals surface area contributed by atoms with Crippen molar-refractivity contribution in [3.63, 3.8) is 0 Å². The van der Waals surface area contributed by atoms with E-state index in [0.29, 0.717) is 28.3 Å². The quantitative estimate of drug-likeness (QED) is 0.431. The van der Waals surface area contributed by atoms with Crippen LogP contribution in [0.4, 0.5) is 9.18 Å². The lowest BCUT2D eigenvalue weighted by Crippen LogP contribution is -2.31. The highest BCUT2D eigenvalue weighted by atomic mass is 35.5. The first kappa shape index (κ1) is 22.8. The summed E-state index contributed by atoms with van der Waals surface area (Å²) in [7, 11) is 0. The second-order valence-electron chi connectivity index (χ2n) is 7.45. The molecule has 1 atom stereocenters. The first-order valence-electron chi connectivity index (χ1n) is 10.1. The van der Waals surface area contributed by atoms with Crippen molar-refractivity contribution in [1.82, 2.24) is 4.90 Å². The predicted molar refractivity (Wildman–Crippen MR) is 124 cm³/mol. The molecule has 1 saturated heterocycles. The SMILES string of the molecule is N#Cc1ccccc1COc1ccc(C[C@@H]2SC(=O)N(Cc3ccc(F)cc3)C2=O)cc1Cl. The molecular weight excluding hydrogens is 463 g/mol. The maximum Gasteiger partial charge on any atom is 0.289 e. The number of carbonyl (C=O) groups excluding carboxylic acids is 2. The summed E-state index contributed by atoms with van der Waals surface area (Å²) in [6.07, 6.45) is 0.340. The van der Waals surface area contributed by atoms with Crippen LogP contribution in [0.3, 0.4) is 0 Å². The van der Waals surface area contributed by atoms with Gasteiger partial charge >= 0.3 is 0 Å². The highest BCUT2D eigenvalue weighted by Crippen LogP contribution is 2.33. The van der Waals surface area contributed by atoms with Crippen LogP contribution in [-0.4, -0.2) is 21.3 Å². The van der Waals surface area contributed by atoms with Crippen molar-refractivity contribution in [2.24, 2.45) is 0 Å². The smallest absolute Gasteiger partial charge is 0.289 e. The number of hydrogen-bond donors (Lipinski definition) is 0. The van der Waals surface area contributed by atoms with Gasteiger partial charge in [0, 0.05) is 5.56 Å². The highest BCUT2D eigenvalue weighted by Gasteiger charge is 2.39. The Morgan fingerprint density at radius 3 is 2.52 bits per heavy atom. The van der Waals surface area contributed by atoms with E-state index < -0.39 is 5.25 Å². The Balaban J connectivity index is 1.39. The van der Waals surface area contributed by atoms with E-state index in [-0.39, 0.29) is 30.1 Å². The van der Waals surface area contributed by atoms with Crippen LogP contribution < -0.4 is 4.74 Å². The molecule has 0 unspecified atom stereocenters. The molecule has 3 aromatic carbocycles. The lowest BCUT2D eigenvalue weighted by atomic mass is 10.1. The average Bonchev–Trinajstić information content (AvgIpc) is 3.07. The Hall–Kier alpha value is -3.34. The van der Waals surface area contributed by atoms with Gasteiger partial charge in [-0.25, -0.2) is 4.39 Å². The maximum absolute atomic E-state index is 13.1. The van der Waals surface area contributed by atoms with Crippen molar-refractivity contribution in [3.05, 3.63) is 99.8 Å².